The number of carbonyl (C=O) groups excluding carboxylic acids is 2. The van der Waals surface area contributed by atoms with Gasteiger partial charge in [-0.05, 0) is 24.6 Å². The average molecular weight is 330 g/mol. The Kier molecular flexibility index (Phi) is 4.07. The minimum absolute atomic E-state index is 0.0401. The standard InChI is InChI=1S/C15H18N6O3/c1-3-12(19-16)18-15(23)21-9-6-7-20(8-9)11-5-4-10(14(22)24-2)17-13(11)21/h3-5,9H,1,6-8,16H2,2H3,(H,18,19,23)/t9-/m0/s1. The lowest BCUT2D eigenvalue weighted by Crippen LogP contribution is -2.52. The lowest BCUT2D eigenvalue weighted by Gasteiger charge is -2.35. The number of nitrogens with zero attached hydrogens (tertiary/aromatic N) is 4. The first-order chi connectivity index (χ1) is 11.6. The zero-order chi connectivity index (χ0) is 17.3. The molecule has 0 saturated carbocycles. The Hall–Kier alpha value is -3.10. The topological polar surface area (TPSA) is 113 Å². The van der Waals surface area contributed by atoms with Crippen LogP contribution < -0.4 is 21.0 Å². The number of anilines is 2. The van der Waals surface area contributed by atoms with Gasteiger partial charge in [-0.3, -0.25) is 10.2 Å². The third-order valence-corrected chi connectivity index (χ3v) is 4.13. The van der Waals surface area contributed by atoms with E-state index in [1.807, 2.05) is 0 Å². The van der Waals surface area contributed by atoms with Crippen LogP contribution in [0.3, 0.4) is 0 Å². The number of pyridine rings is 1. The predicted octanol–water partition coefficient (Wildman–Crippen LogP) is 0.435. The van der Waals surface area contributed by atoms with E-state index in [0.29, 0.717) is 12.4 Å². The number of methoxy groups -OCH3 is 1. The van der Waals surface area contributed by atoms with Crippen LogP contribution in [0.2, 0.25) is 0 Å². The molecule has 126 valence electrons. The van der Waals surface area contributed by atoms with Crippen molar-refractivity contribution >= 4 is 29.3 Å². The SMILES string of the molecule is C=C/C(=N\N)NC(=O)N1c2nc(C(=O)OC)ccc2N2CC[C@H]1C2. The molecule has 1 aromatic rings. The average Bonchev–Trinajstić information content (AvgIpc) is 3.03. The highest BCUT2D eigenvalue weighted by molar-refractivity contribution is 6.09. The van der Waals surface area contributed by atoms with Crippen LogP contribution in [0.4, 0.5) is 16.3 Å². The number of nitrogens with one attached hydrogen (secondary N) is 1. The lowest BCUT2D eigenvalue weighted by molar-refractivity contribution is 0.0594. The van der Waals surface area contributed by atoms with Gasteiger partial charge >= 0.3 is 12.0 Å². The number of esters is 1. The number of hydrogen-bond donors (Lipinski definition) is 2. The largest absolute Gasteiger partial charge is 0.464 e. The van der Waals surface area contributed by atoms with E-state index >= 15 is 0 Å². The Morgan fingerprint density at radius 3 is 3.00 bits per heavy atom. The highest BCUT2D eigenvalue weighted by Gasteiger charge is 2.40. The molecule has 0 aliphatic carbocycles. The quantitative estimate of drug-likeness (QED) is 0.267. The molecular formula is C15H18N6O3. The molecule has 2 aliphatic heterocycles. The Balaban J connectivity index is 2.00. The monoisotopic (exact) mass is 330 g/mol. The van der Waals surface area contributed by atoms with E-state index in [1.54, 1.807) is 17.0 Å². The molecule has 2 aliphatic rings. The molecule has 0 aromatic carbocycles. The highest BCUT2D eigenvalue weighted by atomic mass is 16.5. The van der Waals surface area contributed by atoms with Crippen LogP contribution in [0.15, 0.2) is 29.9 Å². The molecule has 9 nitrogen and oxygen atoms in total. The van der Waals surface area contributed by atoms with Crippen molar-refractivity contribution in [2.75, 3.05) is 30.0 Å². The molecule has 1 aromatic heterocycles. The Labute approximate surface area is 138 Å². The van der Waals surface area contributed by atoms with Crippen molar-refractivity contribution in [2.45, 2.75) is 12.5 Å². The van der Waals surface area contributed by atoms with Crippen molar-refractivity contribution in [3.8, 4) is 0 Å². The molecule has 9 heteroatoms. The molecule has 1 saturated heterocycles. The predicted molar refractivity (Wildman–Crippen MR) is 89.0 cm³/mol. The van der Waals surface area contributed by atoms with Gasteiger partial charge in [-0.1, -0.05) is 6.58 Å². The van der Waals surface area contributed by atoms with Crippen molar-refractivity contribution < 1.29 is 14.3 Å². The van der Waals surface area contributed by atoms with Crippen LogP contribution in [0.25, 0.3) is 0 Å². The molecule has 0 unspecified atom stereocenters. The molecule has 1 fully saturated rings. The zero-order valence-electron chi connectivity index (χ0n) is 13.2. The second-order valence-corrected chi connectivity index (χ2v) is 5.44. The fourth-order valence-corrected chi connectivity index (χ4v) is 3.00. The number of aromatic nitrogens is 1. The number of nitrogens with two attached hydrogens (primary N) is 1. The molecule has 3 rings (SSSR count). The van der Waals surface area contributed by atoms with Crippen LogP contribution in [-0.4, -0.2) is 49.1 Å². The molecule has 0 spiro atoms. The van der Waals surface area contributed by atoms with Crippen molar-refractivity contribution in [1.29, 1.82) is 0 Å². The number of hydrazone groups is 1. The summed E-state index contributed by atoms with van der Waals surface area (Å²) in [5.41, 5.74) is 0.948. The summed E-state index contributed by atoms with van der Waals surface area (Å²) in [7, 11) is 1.29. The molecule has 3 heterocycles. The van der Waals surface area contributed by atoms with Crippen LogP contribution in [0.5, 0.6) is 0 Å². The first kappa shape index (κ1) is 15.8. The third-order valence-electron chi connectivity index (χ3n) is 4.13. The summed E-state index contributed by atoms with van der Waals surface area (Å²) in [5, 5.41) is 6.04. The summed E-state index contributed by atoms with van der Waals surface area (Å²) in [4.78, 5) is 32.5. The number of hydrogen-bond acceptors (Lipinski definition) is 7. The van der Waals surface area contributed by atoms with Gasteiger partial charge in [0, 0.05) is 13.1 Å². The van der Waals surface area contributed by atoms with E-state index in [0.717, 1.165) is 18.7 Å². The summed E-state index contributed by atoms with van der Waals surface area (Å²) < 4.78 is 4.71. The maximum atomic E-state index is 12.7. The number of rotatable bonds is 2. The summed E-state index contributed by atoms with van der Waals surface area (Å²) >= 11 is 0. The van der Waals surface area contributed by atoms with E-state index in [9.17, 15) is 9.59 Å². The van der Waals surface area contributed by atoms with Crippen LogP contribution >= 0.6 is 0 Å². The van der Waals surface area contributed by atoms with Gasteiger partial charge in [-0.15, -0.1) is 0 Å². The first-order valence-corrected chi connectivity index (χ1v) is 7.44. The zero-order valence-corrected chi connectivity index (χ0v) is 13.2. The van der Waals surface area contributed by atoms with Gasteiger partial charge in [0.1, 0.15) is 0 Å². The van der Waals surface area contributed by atoms with Gasteiger partial charge in [0.15, 0.2) is 17.3 Å². The summed E-state index contributed by atoms with van der Waals surface area (Å²) in [6, 6.07) is 2.92. The van der Waals surface area contributed by atoms with Gasteiger partial charge in [-0.2, -0.15) is 5.10 Å². The van der Waals surface area contributed by atoms with Crippen molar-refractivity contribution in [3.05, 3.63) is 30.5 Å². The minimum Gasteiger partial charge on any atom is -0.464 e. The Bertz CT molecular complexity index is 732. The Morgan fingerprint density at radius 1 is 1.54 bits per heavy atom. The maximum absolute atomic E-state index is 12.7. The van der Waals surface area contributed by atoms with Crippen molar-refractivity contribution in [2.24, 2.45) is 10.9 Å². The number of carbonyl (C=O) groups is 2. The van der Waals surface area contributed by atoms with Crippen LogP contribution in [0.1, 0.15) is 16.9 Å². The maximum Gasteiger partial charge on any atom is 0.356 e. The van der Waals surface area contributed by atoms with Gasteiger partial charge in [-0.25, -0.2) is 14.6 Å². The molecule has 2 amide bonds. The molecule has 1 atom stereocenters. The van der Waals surface area contributed by atoms with Gasteiger partial charge in [0.05, 0.1) is 18.8 Å². The second-order valence-electron chi connectivity index (χ2n) is 5.44. The smallest absolute Gasteiger partial charge is 0.356 e. The summed E-state index contributed by atoms with van der Waals surface area (Å²) in [5.74, 6) is 5.24. The molecule has 3 N–H and O–H groups in total. The van der Waals surface area contributed by atoms with E-state index in [4.69, 9.17) is 10.6 Å². The van der Waals surface area contributed by atoms with Crippen molar-refractivity contribution in [1.82, 2.24) is 10.3 Å². The number of amides is 2. The molecule has 24 heavy (non-hydrogen) atoms. The Morgan fingerprint density at radius 2 is 2.33 bits per heavy atom. The number of urea groups is 1. The van der Waals surface area contributed by atoms with E-state index in [2.05, 4.69) is 26.9 Å². The third kappa shape index (κ3) is 2.53. The summed E-state index contributed by atoms with van der Waals surface area (Å²) in [6.07, 6.45) is 2.16. The molecule has 2 bridgehead atoms. The van der Waals surface area contributed by atoms with Gasteiger partial charge < -0.3 is 15.5 Å². The normalized spacial score (nSPS) is 18.9. The van der Waals surface area contributed by atoms with Crippen LogP contribution in [-0.2, 0) is 4.74 Å². The fraction of sp³-hybridized carbons (Fsp3) is 0.333. The first-order valence-electron chi connectivity index (χ1n) is 7.44. The minimum atomic E-state index is -0.554. The second kappa shape index (κ2) is 6.19. The molecule has 0 radical (unpaired) electrons. The summed E-state index contributed by atoms with van der Waals surface area (Å²) in [6.45, 7) is 5.07. The van der Waals surface area contributed by atoms with Gasteiger partial charge in [0.25, 0.3) is 0 Å². The van der Waals surface area contributed by atoms with E-state index in [-0.39, 0.29) is 17.6 Å². The fourth-order valence-electron chi connectivity index (χ4n) is 3.00. The van der Waals surface area contributed by atoms with Crippen LogP contribution in [0, 0.1) is 0 Å². The lowest BCUT2D eigenvalue weighted by atomic mass is 10.2. The highest BCUT2D eigenvalue weighted by Crippen LogP contribution is 2.38. The number of fused-ring (bicyclic) bond motifs is 4. The molecular weight excluding hydrogens is 312 g/mol. The van der Waals surface area contributed by atoms with E-state index in [1.165, 1.54) is 13.2 Å². The van der Waals surface area contributed by atoms with Crippen molar-refractivity contribution in [3.63, 3.8) is 0 Å². The number of amidine groups is 1. The van der Waals surface area contributed by atoms with E-state index < -0.39 is 12.0 Å². The number of ether oxygens (including phenoxy) is 1. The van der Waals surface area contributed by atoms with Gasteiger partial charge in [0.2, 0.25) is 0 Å².